The lowest BCUT2D eigenvalue weighted by atomic mass is 9.70. The maximum Gasteiger partial charge on any atom is 0.225 e. The number of aromatic amines is 1. The van der Waals surface area contributed by atoms with Crippen molar-refractivity contribution in [2.75, 3.05) is 14.1 Å². The minimum absolute atomic E-state index is 0.00577. The third kappa shape index (κ3) is 4.13. The van der Waals surface area contributed by atoms with E-state index in [0.29, 0.717) is 30.8 Å². The van der Waals surface area contributed by atoms with E-state index in [4.69, 9.17) is 4.74 Å². The molecule has 2 aromatic heterocycles. The molecule has 4 rings (SSSR count). The fourth-order valence-electron chi connectivity index (χ4n) is 3.62. The van der Waals surface area contributed by atoms with Crippen LogP contribution in [0.3, 0.4) is 0 Å². The summed E-state index contributed by atoms with van der Waals surface area (Å²) in [6.07, 6.45) is 4.71. The summed E-state index contributed by atoms with van der Waals surface area (Å²) in [5.74, 6) is 0.611. The molecule has 1 saturated carbocycles. The Morgan fingerprint density at radius 1 is 1.24 bits per heavy atom. The molecule has 29 heavy (non-hydrogen) atoms. The van der Waals surface area contributed by atoms with Crippen LogP contribution in [0.25, 0.3) is 11.4 Å². The minimum atomic E-state index is -0.222. The molecule has 0 unspecified atom stereocenters. The Bertz CT molecular complexity index is 981. The number of H-pyrrole nitrogens is 1. The van der Waals surface area contributed by atoms with Gasteiger partial charge in [-0.05, 0) is 60.2 Å². The predicted octanol–water partition coefficient (Wildman–Crippen LogP) is 3.77. The zero-order chi connectivity index (χ0) is 20.4. The van der Waals surface area contributed by atoms with E-state index in [9.17, 15) is 9.18 Å². The Morgan fingerprint density at radius 3 is 2.72 bits per heavy atom. The second-order valence-electron chi connectivity index (χ2n) is 7.59. The van der Waals surface area contributed by atoms with Crippen molar-refractivity contribution >= 4 is 5.91 Å². The summed E-state index contributed by atoms with van der Waals surface area (Å²) < 4.78 is 20.1. The molecule has 6 nitrogen and oxygen atoms in total. The molecule has 7 heteroatoms. The van der Waals surface area contributed by atoms with Crippen LogP contribution in [0.1, 0.15) is 29.9 Å². The molecule has 150 valence electrons. The quantitative estimate of drug-likeness (QED) is 0.691. The molecule has 0 atom stereocenters. The monoisotopic (exact) mass is 394 g/mol. The Balaban J connectivity index is 1.38. The summed E-state index contributed by atoms with van der Waals surface area (Å²) in [7, 11) is 3.51. The molecule has 2 heterocycles. The van der Waals surface area contributed by atoms with Gasteiger partial charge < -0.3 is 9.64 Å². The van der Waals surface area contributed by atoms with E-state index < -0.39 is 0 Å². The van der Waals surface area contributed by atoms with Gasteiger partial charge in [-0.3, -0.25) is 14.9 Å². The number of benzene rings is 1. The number of nitrogens with zero attached hydrogens (tertiary/aromatic N) is 3. The molecule has 1 N–H and O–H groups in total. The van der Waals surface area contributed by atoms with Crippen molar-refractivity contribution < 1.29 is 13.9 Å². The van der Waals surface area contributed by atoms with E-state index in [1.54, 1.807) is 37.5 Å². The van der Waals surface area contributed by atoms with Gasteiger partial charge in [0.25, 0.3) is 0 Å². The zero-order valence-electron chi connectivity index (χ0n) is 16.4. The van der Waals surface area contributed by atoms with Crippen LogP contribution in [0, 0.1) is 11.7 Å². The van der Waals surface area contributed by atoms with E-state index in [1.807, 2.05) is 24.3 Å². The number of pyridine rings is 1. The molecule has 0 aliphatic heterocycles. The number of carbonyl (C=O) groups is 1. The first-order chi connectivity index (χ1) is 14.0. The highest BCUT2D eigenvalue weighted by Crippen LogP contribution is 2.43. The van der Waals surface area contributed by atoms with Crippen LogP contribution in [-0.2, 0) is 11.4 Å². The van der Waals surface area contributed by atoms with Gasteiger partial charge in [0.05, 0.1) is 17.6 Å². The highest BCUT2D eigenvalue weighted by Gasteiger charge is 2.37. The summed E-state index contributed by atoms with van der Waals surface area (Å²) >= 11 is 0. The summed E-state index contributed by atoms with van der Waals surface area (Å²) in [5, 5.41) is 6.78. The van der Waals surface area contributed by atoms with E-state index in [1.165, 1.54) is 6.07 Å². The van der Waals surface area contributed by atoms with Crippen molar-refractivity contribution in [2.45, 2.75) is 25.4 Å². The first-order valence-corrected chi connectivity index (χ1v) is 9.59. The van der Waals surface area contributed by atoms with Gasteiger partial charge in [-0.15, -0.1) is 0 Å². The van der Waals surface area contributed by atoms with E-state index >= 15 is 0 Å². The molecule has 1 aromatic carbocycles. The molecular weight excluding hydrogens is 371 g/mol. The van der Waals surface area contributed by atoms with E-state index in [0.717, 1.165) is 17.0 Å². The van der Waals surface area contributed by atoms with Gasteiger partial charge in [0.1, 0.15) is 18.2 Å². The van der Waals surface area contributed by atoms with Crippen molar-refractivity contribution in [3.8, 4) is 17.1 Å². The van der Waals surface area contributed by atoms with Crippen LogP contribution in [0.4, 0.5) is 4.39 Å². The fourth-order valence-corrected chi connectivity index (χ4v) is 3.62. The van der Waals surface area contributed by atoms with Crippen LogP contribution < -0.4 is 4.74 Å². The van der Waals surface area contributed by atoms with Gasteiger partial charge >= 0.3 is 0 Å². The predicted molar refractivity (Wildman–Crippen MR) is 107 cm³/mol. The lowest BCUT2D eigenvalue weighted by Crippen LogP contribution is -2.37. The van der Waals surface area contributed by atoms with Crippen LogP contribution in [0.15, 0.2) is 48.8 Å². The van der Waals surface area contributed by atoms with Gasteiger partial charge in [-0.25, -0.2) is 4.39 Å². The lowest BCUT2D eigenvalue weighted by molar-refractivity contribution is -0.136. The zero-order valence-corrected chi connectivity index (χ0v) is 16.4. The van der Waals surface area contributed by atoms with Gasteiger partial charge in [-0.2, -0.15) is 5.10 Å². The maximum absolute atomic E-state index is 14.3. The number of aromatic nitrogens is 3. The lowest BCUT2D eigenvalue weighted by Gasteiger charge is -2.36. The van der Waals surface area contributed by atoms with Crippen molar-refractivity contribution in [1.82, 2.24) is 20.1 Å². The normalized spacial score (nSPS) is 18.2. The average molecular weight is 394 g/mol. The van der Waals surface area contributed by atoms with Crippen molar-refractivity contribution in [2.24, 2.45) is 5.92 Å². The number of carbonyl (C=O) groups excluding carboxylic acids is 1. The summed E-state index contributed by atoms with van der Waals surface area (Å²) in [5.41, 5.74) is 3.18. The van der Waals surface area contributed by atoms with E-state index in [-0.39, 0.29) is 23.6 Å². The van der Waals surface area contributed by atoms with Crippen LogP contribution in [0.2, 0.25) is 0 Å². The van der Waals surface area contributed by atoms with Gasteiger partial charge in [-0.1, -0.05) is 6.07 Å². The third-order valence-electron chi connectivity index (χ3n) is 5.35. The molecular formula is C22H23FN4O2. The minimum Gasteiger partial charge on any atom is -0.487 e. The first kappa shape index (κ1) is 19.1. The molecule has 0 bridgehead atoms. The number of amides is 1. The summed E-state index contributed by atoms with van der Waals surface area (Å²) in [4.78, 5) is 18.0. The van der Waals surface area contributed by atoms with Crippen molar-refractivity contribution in [1.29, 1.82) is 0 Å². The van der Waals surface area contributed by atoms with Gasteiger partial charge in [0.15, 0.2) is 0 Å². The summed E-state index contributed by atoms with van der Waals surface area (Å²) in [6, 6.07) is 10.6. The Labute approximate surface area is 168 Å². The van der Waals surface area contributed by atoms with E-state index in [2.05, 4.69) is 15.2 Å². The fraction of sp³-hybridized carbons (Fsp3) is 0.318. The molecule has 0 spiro atoms. The second kappa shape index (κ2) is 8.03. The number of rotatable bonds is 6. The number of nitrogens with one attached hydrogen (secondary N) is 1. The topological polar surface area (TPSA) is 71.1 Å². The van der Waals surface area contributed by atoms with Crippen LogP contribution in [-0.4, -0.2) is 40.1 Å². The summed E-state index contributed by atoms with van der Waals surface area (Å²) in [6.45, 7) is 0.325. The Kier molecular flexibility index (Phi) is 5.29. The highest BCUT2D eigenvalue weighted by molar-refractivity contribution is 5.79. The van der Waals surface area contributed by atoms with Gasteiger partial charge in [0, 0.05) is 26.2 Å². The molecule has 1 amide bonds. The molecule has 1 aliphatic rings. The average Bonchev–Trinajstić information content (AvgIpc) is 3.22. The molecule has 1 fully saturated rings. The Morgan fingerprint density at radius 2 is 2.07 bits per heavy atom. The molecule has 3 aromatic rings. The van der Waals surface area contributed by atoms with Crippen LogP contribution in [0.5, 0.6) is 5.75 Å². The standard InChI is InChI=1S/C22H23FN4O2/c1-27(2)22(28)16-10-15(11-16)18-9-14(3-5-19(18)23)13-29-17-4-6-20(24-12-17)21-7-8-25-26-21/h3-9,12,15-16H,10-11,13H2,1-2H3,(H,25,26). The number of halogens is 1. The maximum atomic E-state index is 14.3. The third-order valence-corrected chi connectivity index (χ3v) is 5.35. The van der Waals surface area contributed by atoms with Gasteiger partial charge in [0.2, 0.25) is 5.91 Å². The molecule has 0 saturated heterocycles. The number of hydrogen-bond donors (Lipinski definition) is 1. The second-order valence-corrected chi connectivity index (χ2v) is 7.59. The largest absolute Gasteiger partial charge is 0.487 e. The highest BCUT2D eigenvalue weighted by atomic mass is 19.1. The number of hydrogen-bond acceptors (Lipinski definition) is 4. The van der Waals surface area contributed by atoms with Crippen LogP contribution >= 0.6 is 0 Å². The number of ether oxygens (including phenoxy) is 1. The Hall–Kier alpha value is -3.22. The van der Waals surface area contributed by atoms with Crippen molar-refractivity contribution in [3.63, 3.8) is 0 Å². The van der Waals surface area contributed by atoms with Crippen molar-refractivity contribution in [3.05, 3.63) is 65.7 Å². The smallest absolute Gasteiger partial charge is 0.225 e. The molecule has 1 aliphatic carbocycles. The SMILES string of the molecule is CN(C)C(=O)C1CC(c2cc(COc3ccc(-c4ccn[nH]4)nc3)ccc2F)C1. The first-order valence-electron chi connectivity index (χ1n) is 9.59. The molecule has 0 radical (unpaired) electrons.